The third-order valence-corrected chi connectivity index (χ3v) is 4.42. The molecule has 0 saturated carbocycles. The number of pyridine rings is 1. The molecule has 0 radical (unpaired) electrons. The Hall–Kier alpha value is -0.530. The van der Waals surface area contributed by atoms with Gasteiger partial charge in [-0.1, -0.05) is 0 Å². The first-order valence-corrected chi connectivity index (χ1v) is 6.99. The predicted octanol–water partition coefficient (Wildman–Crippen LogP) is 2.42. The number of hydrogen-bond donors (Lipinski definition) is 0. The molecule has 0 amide bonds. The molecule has 16 heavy (non-hydrogen) atoms. The second-order valence-corrected chi connectivity index (χ2v) is 6.13. The Bertz CT molecular complexity index is 570. The number of alkyl halides is 2. The summed E-state index contributed by atoms with van der Waals surface area (Å²) in [6.07, 6.45) is -2.20. The Morgan fingerprint density at radius 1 is 1.56 bits per heavy atom. The quantitative estimate of drug-likeness (QED) is 0.585. The molecule has 0 unspecified atom stereocenters. The summed E-state index contributed by atoms with van der Waals surface area (Å²) in [5.41, 5.74) is -1.07. The van der Waals surface area contributed by atoms with Crippen LogP contribution in [0.25, 0.3) is 0 Å². The first kappa shape index (κ1) is 13.5. The van der Waals surface area contributed by atoms with E-state index < -0.39 is 26.1 Å². The fourth-order valence-electron chi connectivity index (χ4n) is 0.949. The van der Waals surface area contributed by atoms with Crippen LogP contribution in [-0.4, -0.2) is 13.4 Å². The van der Waals surface area contributed by atoms with Crippen molar-refractivity contribution in [3.8, 4) is 6.07 Å². The van der Waals surface area contributed by atoms with Crippen LogP contribution in [0.2, 0.25) is 0 Å². The molecule has 86 valence electrons. The molecule has 0 aromatic carbocycles. The number of nitrogens with zero attached hydrogens (tertiary/aromatic N) is 2. The largest absolute Gasteiger partial charge is 0.281 e. The fraction of sp³-hybridized carbons (Fsp3) is 0.143. The molecule has 0 aliphatic heterocycles. The van der Waals surface area contributed by atoms with Gasteiger partial charge in [-0.15, -0.1) is 0 Å². The molecule has 0 bridgehead atoms. The lowest BCUT2D eigenvalue weighted by atomic mass is 10.3. The van der Waals surface area contributed by atoms with Crippen LogP contribution in [0.3, 0.4) is 0 Å². The van der Waals surface area contributed by atoms with E-state index in [-0.39, 0.29) is 9.13 Å². The molecule has 0 aliphatic rings. The van der Waals surface area contributed by atoms with Crippen molar-refractivity contribution >= 4 is 42.3 Å². The molecule has 0 aliphatic carbocycles. The van der Waals surface area contributed by atoms with Crippen molar-refractivity contribution in [2.24, 2.45) is 0 Å². The highest BCUT2D eigenvalue weighted by Gasteiger charge is 2.28. The lowest BCUT2D eigenvalue weighted by Crippen LogP contribution is -2.06. The summed E-state index contributed by atoms with van der Waals surface area (Å²) >= 11 is 1.47. The molecule has 0 saturated heterocycles. The second kappa shape index (κ2) is 4.77. The van der Waals surface area contributed by atoms with Gasteiger partial charge in [-0.2, -0.15) is 5.26 Å². The third kappa shape index (κ3) is 2.58. The molecule has 0 spiro atoms. The summed E-state index contributed by atoms with van der Waals surface area (Å²) in [5.74, 6) is 0. The van der Waals surface area contributed by atoms with E-state index in [0.717, 1.165) is 6.20 Å². The van der Waals surface area contributed by atoms with E-state index in [1.807, 2.05) is 0 Å². The van der Waals surface area contributed by atoms with Crippen molar-refractivity contribution in [3.05, 3.63) is 21.0 Å². The zero-order valence-corrected chi connectivity index (χ0v) is 11.0. The molecule has 0 N–H and O–H groups in total. The average molecular weight is 379 g/mol. The van der Waals surface area contributed by atoms with E-state index >= 15 is 0 Å². The van der Waals surface area contributed by atoms with E-state index in [0.29, 0.717) is 0 Å². The zero-order chi connectivity index (χ0) is 12.5. The minimum Gasteiger partial charge on any atom is -0.252 e. The molecule has 0 atom stereocenters. The first-order chi connectivity index (χ1) is 7.29. The van der Waals surface area contributed by atoms with Crippen LogP contribution >= 0.6 is 33.3 Å². The van der Waals surface area contributed by atoms with Crippen molar-refractivity contribution in [2.75, 3.05) is 0 Å². The zero-order valence-electron chi connectivity index (χ0n) is 7.29. The third-order valence-electron chi connectivity index (χ3n) is 1.57. The van der Waals surface area contributed by atoms with Gasteiger partial charge in [-0.05, 0) is 22.6 Å². The topological polar surface area (TPSA) is 70.8 Å². The van der Waals surface area contributed by atoms with E-state index in [4.69, 9.17) is 15.9 Å². The SMILES string of the molecule is N#Cc1cnc(C(F)F)c(S(=O)(=O)Cl)c1I. The highest BCUT2D eigenvalue weighted by molar-refractivity contribution is 14.1. The van der Waals surface area contributed by atoms with Crippen molar-refractivity contribution in [1.29, 1.82) is 5.26 Å². The Labute approximate surface area is 108 Å². The maximum Gasteiger partial charge on any atom is 0.281 e. The Kier molecular flexibility index (Phi) is 4.03. The normalized spacial score (nSPS) is 11.5. The van der Waals surface area contributed by atoms with E-state index in [1.54, 1.807) is 6.07 Å². The van der Waals surface area contributed by atoms with Crippen LogP contribution < -0.4 is 0 Å². The molecule has 0 fully saturated rings. The van der Waals surface area contributed by atoms with Crippen LogP contribution in [0, 0.1) is 14.9 Å². The van der Waals surface area contributed by atoms with Crippen molar-refractivity contribution in [1.82, 2.24) is 4.98 Å². The molecule has 1 rings (SSSR count). The molecular formula is C7H2ClF2IN2O2S. The standard InChI is InChI=1S/C7H2ClF2IN2O2S/c8-16(14,15)6-4(11)3(1-12)2-13-5(6)7(9)10/h2,7H. The second-order valence-electron chi connectivity index (χ2n) is 2.55. The van der Waals surface area contributed by atoms with Gasteiger partial charge in [0.2, 0.25) is 0 Å². The summed E-state index contributed by atoms with van der Waals surface area (Å²) in [7, 11) is 0.656. The Morgan fingerprint density at radius 3 is 2.50 bits per heavy atom. The van der Waals surface area contributed by atoms with Gasteiger partial charge in [0.25, 0.3) is 15.5 Å². The minimum absolute atomic E-state index is 0.121. The summed E-state index contributed by atoms with van der Waals surface area (Å²) in [6.45, 7) is 0. The maximum absolute atomic E-state index is 12.5. The van der Waals surface area contributed by atoms with Crippen molar-refractivity contribution < 1.29 is 17.2 Å². The number of halogens is 4. The van der Waals surface area contributed by atoms with E-state index in [9.17, 15) is 17.2 Å². The molecule has 4 nitrogen and oxygen atoms in total. The van der Waals surface area contributed by atoms with Crippen LogP contribution in [0.1, 0.15) is 17.7 Å². The lowest BCUT2D eigenvalue weighted by Gasteiger charge is -2.07. The number of nitriles is 1. The van der Waals surface area contributed by atoms with Crippen LogP contribution in [0.4, 0.5) is 8.78 Å². The van der Waals surface area contributed by atoms with Crippen LogP contribution in [0.5, 0.6) is 0 Å². The lowest BCUT2D eigenvalue weighted by molar-refractivity contribution is 0.142. The predicted molar refractivity (Wildman–Crippen MR) is 59.7 cm³/mol. The molecule has 1 heterocycles. The Balaban J connectivity index is 3.72. The summed E-state index contributed by atoms with van der Waals surface area (Å²) in [6, 6.07) is 1.64. The van der Waals surface area contributed by atoms with Gasteiger partial charge in [0, 0.05) is 16.9 Å². The summed E-state index contributed by atoms with van der Waals surface area (Å²) < 4.78 is 47.1. The first-order valence-electron chi connectivity index (χ1n) is 3.60. The minimum atomic E-state index is -4.37. The van der Waals surface area contributed by atoms with Gasteiger partial charge < -0.3 is 0 Å². The fourth-order valence-corrected chi connectivity index (χ4v) is 3.93. The van der Waals surface area contributed by atoms with Crippen molar-refractivity contribution in [2.45, 2.75) is 11.3 Å². The highest BCUT2D eigenvalue weighted by atomic mass is 127. The van der Waals surface area contributed by atoms with Crippen LogP contribution in [-0.2, 0) is 9.05 Å². The van der Waals surface area contributed by atoms with Gasteiger partial charge in [0.15, 0.2) is 0 Å². The van der Waals surface area contributed by atoms with Gasteiger partial charge in [-0.25, -0.2) is 17.2 Å². The summed E-state index contributed by atoms with van der Waals surface area (Å²) in [4.78, 5) is 2.43. The smallest absolute Gasteiger partial charge is 0.252 e. The van der Waals surface area contributed by atoms with Gasteiger partial charge in [0.05, 0.1) is 9.13 Å². The summed E-state index contributed by atoms with van der Waals surface area (Å²) in [5, 5.41) is 8.62. The van der Waals surface area contributed by atoms with E-state index in [2.05, 4.69) is 4.98 Å². The Morgan fingerprint density at radius 2 is 2.12 bits per heavy atom. The monoisotopic (exact) mass is 378 g/mol. The van der Waals surface area contributed by atoms with Gasteiger partial charge in [-0.3, -0.25) is 4.98 Å². The van der Waals surface area contributed by atoms with Gasteiger partial charge in [0.1, 0.15) is 16.7 Å². The highest BCUT2D eigenvalue weighted by Crippen LogP contribution is 2.32. The molecular weight excluding hydrogens is 377 g/mol. The maximum atomic E-state index is 12.5. The number of aromatic nitrogens is 1. The number of hydrogen-bond acceptors (Lipinski definition) is 4. The molecule has 1 aromatic heterocycles. The van der Waals surface area contributed by atoms with Crippen LogP contribution in [0.15, 0.2) is 11.1 Å². The van der Waals surface area contributed by atoms with Gasteiger partial charge >= 0.3 is 0 Å². The number of rotatable bonds is 2. The molecule has 9 heteroatoms. The van der Waals surface area contributed by atoms with E-state index in [1.165, 1.54) is 22.6 Å². The molecule has 1 aromatic rings. The average Bonchev–Trinajstić information content (AvgIpc) is 2.14. The van der Waals surface area contributed by atoms with Crippen molar-refractivity contribution in [3.63, 3.8) is 0 Å².